The number of aromatic nitrogens is 2. The molecule has 7 heteroatoms. The predicted molar refractivity (Wildman–Crippen MR) is 92.4 cm³/mol. The molecule has 0 aliphatic carbocycles. The van der Waals surface area contributed by atoms with Crippen LogP contribution in [0, 0.1) is 5.92 Å². The molecule has 0 bridgehead atoms. The van der Waals surface area contributed by atoms with E-state index in [0.717, 1.165) is 5.56 Å². The van der Waals surface area contributed by atoms with E-state index in [1.54, 1.807) is 0 Å². The van der Waals surface area contributed by atoms with Crippen LogP contribution in [0.5, 0.6) is 0 Å². The van der Waals surface area contributed by atoms with Crippen molar-refractivity contribution in [1.82, 2.24) is 15.1 Å². The van der Waals surface area contributed by atoms with Crippen molar-refractivity contribution in [2.45, 2.75) is 26.3 Å². The molecule has 0 aliphatic heterocycles. The lowest BCUT2D eigenvalue weighted by atomic mass is 10.0. The first kappa shape index (κ1) is 18.4. The number of carbonyl (C=O) groups is 2. The lowest BCUT2D eigenvalue weighted by Gasteiger charge is -2.12. The average Bonchev–Trinajstić information content (AvgIpc) is 2.61. The molecule has 0 aliphatic rings. The van der Waals surface area contributed by atoms with Gasteiger partial charge in [-0.15, -0.1) is 0 Å². The summed E-state index contributed by atoms with van der Waals surface area (Å²) in [7, 11) is 0. The summed E-state index contributed by atoms with van der Waals surface area (Å²) < 4.78 is 1.21. The molecule has 0 fully saturated rings. The molecule has 7 nitrogen and oxygen atoms in total. The molecule has 2 N–H and O–H groups in total. The van der Waals surface area contributed by atoms with Gasteiger partial charge in [-0.05, 0) is 18.1 Å². The third-order valence-electron chi connectivity index (χ3n) is 3.77. The molecule has 0 saturated heterocycles. The van der Waals surface area contributed by atoms with Gasteiger partial charge < -0.3 is 10.4 Å². The lowest BCUT2D eigenvalue weighted by molar-refractivity contribution is -0.141. The number of carboxylic acids is 1. The fourth-order valence-electron chi connectivity index (χ4n) is 2.41. The van der Waals surface area contributed by atoms with Gasteiger partial charge in [0.05, 0.1) is 12.5 Å². The molecule has 25 heavy (non-hydrogen) atoms. The number of rotatable bonds is 8. The van der Waals surface area contributed by atoms with Crippen molar-refractivity contribution in [1.29, 1.82) is 0 Å². The standard InChI is InChI=1S/C18H21N3O4/c1-2-6-14(18(24)25)11-19-17(23)15-9-10-16(22)21(20-15)12-13-7-4-3-5-8-13/h3-5,7-10,14H,2,6,11-12H2,1H3,(H,19,23)(H,24,25). The smallest absolute Gasteiger partial charge is 0.308 e. The van der Waals surface area contributed by atoms with Gasteiger partial charge in [0.15, 0.2) is 0 Å². The molecular formula is C18H21N3O4. The maximum absolute atomic E-state index is 12.2. The van der Waals surface area contributed by atoms with Crippen molar-refractivity contribution in [2.75, 3.05) is 6.54 Å². The van der Waals surface area contributed by atoms with Crippen LogP contribution in [0.2, 0.25) is 0 Å². The summed E-state index contributed by atoms with van der Waals surface area (Å²) in [5.74, 6) is -2.07. The van der Waals surface area contributed by atoms with Gasteiger partial charge in [0, 0.05) is 12.6 Å². The third kappa shape index (κ3) is 5.27. The van der Waals surface area contributed by atoms with E-state index in [1.165, 1.54) is 16.8 Å². The van der Waals surface area contributed by atoms with Gasteiger partial charge in [0.1, 0.15) is 5.69 Å². The van der Waals surface area contributed by atoms with Crippen LogP contribution < -0.4 is 10.9 Å². The van der Waals surface area contributed by atoms with E-state index >= 15 is 0 Å². The number of carbonyl (C=O) groups excluding carboxylic acids is 1. The van der Waals surface area contributed by atoms with Crippen LogP contribution in [0.25, 0.3) is 0 Å². The normalized spacial score (nSPS) is 11.7. The maximum Gasteiger partial charge on any atom is 0.308 e. The molecule has 1 amide bonds. The second-order valence-corrected chi connectivity index (χ2v) is 5.73. The first-order valence-corrected chi connectivity index (χ1v) is 8.14. The number of carboxylic acid groups (broad SMARTS) is 1. The minimum atomic E-state index is -0.941. The number of benzene rings is 1. The Kier molecular flexibility index (Phi) is 6.45. The van der Waals surface area contributed by atoms with Gasteiger partial charge in [-0.2, -0.15) is 5.10 Å². The first-order chi connectivity index (χ1) is 12.0. The molecule has 0 saturated carbocycles. The Morgan fingerprint density at radius 1 is 1.20 bits per heavy atom. The topological polar surface area (TPSA) is 101 Å². The van der Waals surface area contributed by atoms with Gasteiger partial charge in [-0.1, -0.05) is 43.7 Å². The van der Waals surface area contributed by atoms with Gasteiger partial charge in [-0.25, -0.2) is 4.68 Å². The minimum Gasteiger partial charge on any atom is -0.481 e. The molecule has 1 aromatic heterocycles. The van der Waals surface area contributed by atoms with Gasteiger partial charge in [0.25, 0.3) is 11.5 Å². The average molecular weight is 343 g/mol. The molecule has 132 valence electrons. The zero-order chi connectivity index (χ0) is 18.2. The Bertz CT molecular complexity index is 786. The minimum absolute atomic E-state index is 0.0293. The Morgan fingerprint density at radius 2 is 1.92 bits per heavy atom. The Balaban J connectivity index is 2.09. The van der Waals surface area contributed by atoms with Crippen LogP contribution in [0.3, 0.4) is 0 Å². The number of nitrogens with one attached hydrogen (secondary N) is 1. The van der Waals surface area contributed by atoms with E-state index in [0.29, 0.717) is 12.8 Å². The first-order valence-electron chi connectivity index (χ1n) is 8.14. The Labute approximate surface area is 145 Å². The van der Waals surface area contributed by atoms with Gasteiger partial charge in [-0.3, -0.25) is 14.4 Å². The molecule has 1 aromatic carbocycles. The SMILES string of the molecule is CCCC(CNC(=O)c1ccc(=O)n(Cc2ccccc2)n1)C(=O)O. The molecule has 1 unspecified atom stereocenters. The van der Waals surface area contributed by atoms with Crippen molar-refractivity contribution < 1.29 is 14.7 Å². The Hall–Kier alpha value is -2.96. The highest BCUT2D eigenvalue weighted by Gasteiger charge is 2.18. The number of amides is 1. The van der Waals surface area contributed by atoms with Crippen molar-refractivity contribution in [2.24, 2.45) is 5.92 Å². The summed E-state index contributed by atoms with van der Waals surface area (Å²) in [6, 6.07) is 11.9. The van der Waals surface area contributed by atoms with Gasteiger partial charge in [0.2, 0.25) is 0 Å². The fourth-order valence-corrected chi connectivity index (χ4v) is 2.41. The van der Waals surface area contributed by atoms with Crippen molar-refractivity contribution in [3.63, 3.8) is 0 Å². The summed E-state index contributed by atoms with van der Waals surface area (Å²) in [6.07, 6.45) is 1.20. The van der Waals surface area contributed by atoms with Crippen LogP contribution in [-0.2, 0) is 11.3 Å². The van der Waals surface area contributed by atoms with Crippen molar-refractivity contribution in [3.8, 4) is 0 Å². The maximum atomic E-state index is 12.2. The molecule has 1 heterocycles. The Morgan fingerprint density at radius 3 is 2.56 bits per heavy atom. The summed E-state index contributed by atoms with van der Waals surface area (Å²) in [4.78, 5) is 35.3. The van der Waals surface area contributed by atoms with Crippen LogP contribution >= 0.6 is 0 Å². The van der Waals surface area contributed by atoms with E-state index in [4.69, 9.17) is 5.11 Å². The number of hydrogen-bond donors (Lipinski definition) is 2. The molecule has 0 spiro atoms. The highest BCUT2D eigenvalue weighted by Crippen LogP contribution is 2.06. The highest BCUT2D eigenvalue weighted by molar-refractivity contribution is 5.92. The number of hydrogen-bond acceptors (Lipinski definition) is 4. The lowest BCUT2D eigenvalue weighted by Crippen LogP contribution is -2.35. The van der Waals surface area contributed by atoms with Crippen LogP contribution in [0.15, 0.2) is 47.3 Å². The monoisotopic (exact) mass is 343 g/mol. The third-order valence-corrected chi connectivity index (χ3v) is 3.77. The van der Waals surface area contributed by atoms with Crippen molar-refractivity contribution >= 4 is 11.9 Å². The quantitative estimate of drug-likeness (QED) is 0.757. The highest BCUT2D eigenvalue weighted by atomic mass is 16.4. The molecule has 1 atom stereocenters. The van der Waals surface area contributed by atoms with E-state index in [2.05, 4.69) is 10.4 Å². The number of aliphatic carboxylic acids is 1. The van der Waals surface area contributed by atoms with E-state index < -0.39 is 17.8 Å². The van der Waals surface area contributed by atoms with Crippen LogP contribution in [0.1, 0.15) is 35.8 Å². The van der Waals surface area contributed by atoms with E-state index in [-0.39, 0.29) is 24.3 Å². The number of nitrogens with zero attached hydrogens (tertiary/aromatic N) is 2. The van der Waals surface area contributed by atoms with E-state index in [9.17, 15) is 14.4 Å². The predicted octanol–water partition coefficient (Wildman–Crippen LogP) is 1.52. The second-order valence-electron chi connectivity index (χ2n) is 5.73. The van der Waals surface area contributed by atoms with Crippen LogP contribution in [-0.4, -0.2) is 33.3 Å². The molecule has 2 rings (SSSR count). The van der Waals surface area contributed by atoms with Crippen molar-refractivity contribution in [3.05, 3.63) is 64.1 Å². The van der Waals surface area contributed by atoms with Gasteiger partial charge >= 0.3 is 5.97 Å². The summed E-state index contributed by atoms with van der Waals surface area (Å²) >= 11 is 0. The second kappa shape index (κ2) is 8.77. The molecule has 0 radical (unpaired) electrons. The largest absolute Gasteiger partial charge is 0.481 e. The summed E-state index contributed by atoms with van der Waals surface area (Å²) in [5.41, 5.74) is 0.662. The van der Waals surface area contributed by atoms with Crippen LogP contribution in [0.4, 0.5) is 0 Å². The zero-order valence-corrected chi connectivity index (χ0v) is 14.0. The fraction of sp³-hybridized carbons (Fsp3) is 0.333. The molecular weight excluding hydrogens is 322 g/mol. The van der Waals surface area contributed by atoms with E-state index in [1.807, 2.05) is 37.3 Å². The zero-order valence-electron chi connectivity index (χ0n) is 14.0. The summed E-state index contributed by atoms with van der Waals surface area (Å²) in [6.45, 7) is 2.18. The molecule has 2 aromatic rings. The summed E-state index contributed by atoms with van der Waals surface area (Å²) in [5, 5.41) is 15.8.